The van der Waals surface area contributed by atoms with Gasteiger partial charge in [-0.25, -0.2) is 8.78 Å². The average Bonchev–Trinajstić information content (AvgIpc) is 2.82. The summed E-state index contributed by atoms with van der Waals surface area (Å²) in [4.78, 5) is 0. The minimum Gasteiger partial charge on any atom is -0.454 e. The Morgan fingerprint density at radius 1 is 1.33 bits per heavy atom. The van der Waals surface area contributed by atoms with Crippen molar-refractivity contribution in [1.82, 2.24) is 5.32 Å². The number of alkyl halides is 2. The van der Waals surface area contributed by atoms with Crippen LogP contribution < -0.4 is 14.8 Å². The lowest BCUT2D eigenvalue weighted by molar-refractivity contribution is 0.0187. The van der Waals surface area contributed by atoms with Crippen LogP contribution in [0.5, 0.6) is 11.5 Å². The normalized spacial score (nSPS) is 13.3. The first-order valence-electron chi connectivity index (χ1n) is 5.71. The molecule has 0 bridgehead atoms. The summed E-state index contributed by atoms with van der Waals surface area (Å²) in [6.07, 6.45) is -2.41. The van der Waals surface area contributed by atoms with Crippen LogP contribution in [0.15, 0.2) is 18.2 Å². The van der Waals surface area contributed by atoms with Crippen molar-refractivity contribution in [1.29, 1.82) is 0 Å². The third kappa shape index (κ3) is 3.54. The van der Waals surface area contributed by atoms with Crippen molar-refractivity contribution in [3.05, 3.63) is 23.8 Å². The van der Waals surface area contributed by atoms with Crippen LogP contribution in [0.4, 0.5) is 8.78 Å². The summed E-state index contributed by atoms with van der Waals surface area (Å²) >= 11 is 0. The van der Waals surface area contributed by atoms with E-state index < -0.39 is 13.0 Å². The molecule has 1 aromatic carbocycles. The van der Waals surface area contributed by atoms with E-state index in [-0.39, 0.29) is 13.4 Å². The topological polar surface area (TPSA) is 39.7 Å². The molecule has 1 aliphatic rings. The molecular weight excluding hydrogens is 244 g/mol. The molecule has 4 nitrogen and oxygen atoms in total. The summed E-state index contributed by atoms with van der Waals surface area (Å²) in [5, 5.41) is 3.10. The number of rotatable bonds is 7. The van der Waals surface area contributed by atoms with Crippen molar-refractivity contribution in [2.45, 2.75) is 13.0 Å². The van der Waals surface area contributed by atoms with E-state index in [9.17, 15) is 8.78 Å². The molecule has 0 radical (unpaired) electrons. The zero-order valence-corrected chi connectivity index (χ0v) is 9.83. The van der Waals surface area contributed by atoms with E-state index in [1.54, 1.807) is 0 Å². The quantitative estimate of drug-likeness (QED) is 0.758. The van der Waals surface area contributed by atoms with Crippen molar-refractivity contribution in [2.24, 2.45) is 0 Å². The van der Waals surface area contributed by atoms with Gasteiger partial charge in [-0.1, -0.05) is 12.1 Å². The standard InChI is InChI=1S/C12H15F2NO3/c13-11(14)7-16-5-4-15-6-9-2-1-3-10-12(9)18-8-17-10/h1-3,11,15H,4-8H2. The molecule has 1 heterocycles. The van der Waals surface area contributed by atoms with Gasteiger partial charge in [-0.3, -0.25) is 0 Å². The number of nitrogens with one attached hydrogen (secondary N) is 1. The smallest absolute Gasteiger partial charge is 0.261 e. The Kier molecular flexibility index (Phi) is 4.72. The number of ether oxygens (including phenoxy) is 3. The molecule has 2 rings (SSSR count). The molecule has 0 aromatic heterocycles. The molecule has 0 unspecified atom stereocenters. The fourth-order valence-corrected chi connectivity index (χ4v) is 1.67. The molecule has 0 fully saturated rings. The number of hydrogen-bond acceptors (Lipinski definition) is 4. The highest BCUT2D eigenvalue weighted by Gasteiger charge is 2.16. The highest BCUT2D eigenvalue weighted by Crippen LogP contribution is 2.35. The van der Waals surface area contributed by atoms with Crippen LogP contribution in [0.25, 0.3) is 0 Å². The minimum absolute atomic E-state index is 0.240. The first kappa shape index (κ1) is 13.0. The van der Waals surface area contributed by atoms with Crippen molar-refractivity contribution in [2.75, 3.05) is 26.6 Å². The number of hydrogen-bond donors (Lipinski definition) is 1. The Bertz CT molecular complexity index is 388. The maximum atomic E-state index is 11.8. The summed E-state index contributed by atoms with van der Waals surface area (Å²) in [5.41, 5.74) is 0.985. The van der Waals surface area contributed by atoms with E-state index in [0.717, 1.165) is 17.1 Å². The Morgan fingerprint density at radius 3 is 3.06 bits per heavy atom. The van der Waals surface area contributed by atoms with Crippen molar-refractivity contribution >= 4 is 0 Å². The van der Waals surface area contributed by atoms with Gasteiger partial charge in [0.2, 0.25) is 6.79 Å². The van der Waals surface area contributed by atoms with E-state index >= 15 is 0 Å². The first-order valence-corrected chi connectivity index (χ1v) is 5.71. The van der Waals surface area contributed by atoms with Gasteiger partial charge in [-0.2, -0.15) is 0 Å². The van der Waals surface area contributed by atoms with Crippen LogP contribution in [0.3, 0.4) is 0 Å². The molecule has 0 saturated carbocycles. The Balaban J connectivity index is 1.70. The minimum atomic E-state index is -2.41. The second-order valence-electron chi connectivity index (χ2n) is 3.79. The van der Waals surface area contributed by atoms with Gasteiger partial charge in [0.1, 0.15) is 6.61 Å². The summed E-state index contributed by atoms with van der Waals surface area (Å²) < 4.78 is 38.9. The molecule has 0 spiro atoms. The first-order chi connectivity index (χ1) is 8.77. The van der Waals surface area contributed by atoms with Crippen molar-refractivity contribution < 1.29 is 23.0 Å². The summed E-state index contributed by atoms with van der Waals surface area (Å²) in [7, 11) is 0. The molecule has 18 heavy (non-hydrogen) atoms. The zero-order chi connectivity index (χ0) is 12.8. The highest BCUT2D eigenvalue weighted by atomic mass is 19.3. The molecular formula is C12H15F2NO3. The highest BCUT2D eigenvalue weighted by molar-refractivity contribution is 5.48. The molecule has 0 saturated heterocycles. The van der Waals surface area contributed by atoms with Gasteiger partial charge in [0.05, 0.1) is 6.61 Å². The summed E-state index contributed by atoms with van der Waals surface area (Å²) in [6, 6.07) is 5.66. The Morgan fingerprint density at radius 2 is 2.22 bits per heavy atom. The van der Waals surface area contributed by atoms with Gasteiger partial charge in [0.15, 0.2) is 11.5 Å². The number of para-hydroxylation sites is 1. The number of fused-ring (bicyclic) bond motifs is 1. The number of benzene rings is 1. The van der Waals surface area contributed by atoms with E-state index in [4.69, 9.17) is 14.2 Å². The molecule has 1 N–H and O–H groups in total. The lowest BCUT2D eigenvalue weighted by atomic mass is 10.2. The van der Waals surface area contributed by atoms with E-state index in [1.807, 2.05) is 18.2 Å². The van der Waals surface area contributed by atoms with E-state index in [2.05, 4.69) is 5.32 Å². The second-order valence-corrected chi connectivity index (χ2v) is 3.79. The fraction of sp³-hybridized carbons (Fsp3) is 0.500. The van der Waals surface area contributed by atoms with Crippen LogP contribution >= 0.6 is 0 Å². The largest absolute Gasteiger partial charge is 0.454 e. The maximum Gasteiger partial charge on any atom is 0.261 e. The number of halogens is 2. The molecule has 0 aliphatic carbocycles. The zero-order valence-electron chi connectivity index (χ0n) is 9.83. The van der Waals surface area contributed by atoms with E-state index in [0.29, 0.717) is 13.1 Å². The molecule has 1 aromatic rings. The van der Waals surface area contributed by atoms with Gasteiger partial charge >= 0.3 is 0 Å². The predicted octanol–water partition coefficient (Wildman–Crippen LogP) is 1.79. The fourth-order valence-electron chi connectivity index (χ4n) is 1.67. The van der Waals surface area contributed by atoms with Gasteiger partial charge in [0.25, 0.3) is 6.43 Å². The van der Waals surface area contributed by atoms with Crippen LogP contribution in [0.1, 0.15) is 5.56 Å². The molecule has 100 valence electrons. The van der Waals surface area contributed by atoms with Crippen molar-refractivity contribution in [3.8, 4) is 11.5 Å². The average molecular weight is 259 g/mol. The van der Waals surface area contributed by atoms with Gasteiger partial charge in [0, 0.05) is 18.7 Å². The summed E-state index contributed by atoms with van der Waals surface area (Å²) in [5.74, 6) is 1.49. The third-order valence-electron chi connectivity index (χ3n) is 2.46. The predicted molar refractivity (Wildman–Crippen MR) is 61.1 cm³/mol. The van der Waals surface area contributed by atoms with Gasteiger partial charge < -0.3 is 19.5 Å². The van der Waals surface area contributed by atoms with Gasteiger partial charge in [-0.15, -0.1) is 0 Å². The lowest BCUT2D eigenvalue weighted by Gasteiger charge is -2.08. The van der Waals surface area contributed by atoms with E-state index in [1.165, 1.54) is 0 Å². The van der Waals surface area contributed by atoms with Crippen LogP contribution in [0.2, 0.25) is 0 Å². The SMILES string of the molecule is FC(F)COCCNCc1cccc2c1OCO2. The monoisotopic (exact) mass is 259 g/mol. The third-order valence-corrected chi connectivity index (χ3v) is 2.46. The summed E-state index contributed by atoms with van der Waals surface area (Å²) in [6.45, 7) is 1.09. The van der Waals surface area contributed by atoms with Crippen LogP contribution in [0, 0.1) is 0 Å². The maximum absolute atomic E-state index is 11.8. The van der Waals surface area contributed by atoms with Crippen molar-refractivity contribution in [3.63, 3.8) is 0 Å². The Hall–Kier alpha value is -1.40. The molecule has 0 atom stereocenters. The van der Waals surface area contributed by atoms with Gasteiger partial charge in [-0.05, 0) is 6.07 Å². The van der Waals surface area contributed by atoms with Crippen LogP contribution in [-0.4, -0.2) is 33.0 Å². The molecule has 6 heteroatoms. The second kappa shape index (κ2) is 6.51. The molecule has 0 amide bonds. The lowest BCUT2D eigenvalue weighted by Crippen LogP contribution is -2.20. The molecule has 1 aliphatic heterocycles. The Labute approximate surface area is 104 Å². The van der Waals surface area contributed by atoms with Crippen LogP contribution in [-0.2, 0) is 11.3 Å².